The van der Waals surface area contributed by atoms with E-state index in [4.69, 9.17) is 0 Å². The molecule has 1 fully saturated rings. The second-order valence-electron chi connectivity index (χ2n) is 5.75. The van der Waals surface area contributed by atoms with Crippen LogP contribution in [0.15, 0.2) is 57.9 Å². The van der Waals surface area contributed by atoms with Gasteiger partial charge in [-0.25, -0.2) is 0 Å². The molecule has 6 heteroatoms. The molecule has 0 radical (unpaired) electrons. The number of Topliss-reactive ketones (excluding diaryl/α,β-unsaturated/α-hetero) is 1. The molecule has 1 aliphatic heterocycles. The predicted octanol–water partition coefficient (Wildman–Crippen LogP) is 2.66. The second-order valence-corrected chi connectivity index (χ2v) is 6.67. The molecule has 0 N–H and O–H groups in total. The number of rotatable bonds is 4. The minimum atomic E-state index is -1.15. The van der Waals surface area contributed by atoms with Crippen molar-refractivity contribution in [3.63, 3.8) is 0 Å². The highest BCUT2D eigenvalue weighted by Gasteiger charge is 2.34. The number of likely N-dealkylation sites (tertiary alicyclic amines) is 1. The van der Waals surface area contributed by atoms with Crippen LogP contribution in [-0.2, 0) is 4.79 Å². The van der Waals surface area contributed by atoms with E-state index >= 15 is 0 Å². The quantitative estimate of drug-likeness (QED) is 0.597. The molecule has 0 spiro atoms. The molecule has 1 unspecified atom stereocenters. The fourth-order valence-corrected chi connectivity index (χ4v) is 3.16. The van der Waals surface area contributed by atoms with Crippen molar-refractivity contribution in [3.8, 4) is 0 Å². The monoisotopic (exact) mass is 388 g/mol. The van der Waals surface area contributed by atoms with E-state index in [2.05, 4.69) is 15.9 Å². The van der Waals surface area contributed by atoms with Gasteiger partial charge in [0.2, 0.25) is 0 Å². The topological polar surface area (TPSA) is 59.4 Å². The van der Waals surface area contributed by atoms with Gasteiger partial charge in [-0.1, -0.05) is 34.1 Å². The third-order valence-corrected chi connectivity index (χ3v) is 4.69. The lowest BCUT2D eigenvalue weighted by atomic mass is 10.0. The molecule has 24 heavy (non-hydrogen) atoms. The molecule has 5 nitrogen and oxygen atoms in total. The van der Waals surface area contributed by atoms with Crippen LogP contribution in [0, 0.1) is 0 Å². The standard InChI is InChI=1S/C18H17BrN2O3/c19-14-8-6-13(7-9-14)17(23)16(18(24)20-10-3-4-11-20)21-12-2-1-5-15(21)22/h1-2,5-9,12,16H,3-4,10-11H2. The number of nitrogens with zero attached hydrogens (tertiary/aromatic N) is 2. The van der Waals surface area contributed by atoms with Crippen LogP contribution in [0.3, 0.4) is 0 Å². The summed E-state index contributed by atoms with van der Waals surface area (Å²) in [4.78, 5) is 39.8. The minimum Gasteiger partial charge on any atom is -0.340 e. The van der Waals surface area contributed by atoms with Crippen LogP contribution in [0.1, 0.15) is 29.2 Å². The summed E-state index contributed by atoms with van der Waals surface area (Å²) >= 11 is 3.33. The Balaban J connectivity index is 2.02. The van der Waals surface area contributed by atoms with Crippen LogP contribution < -0.4 is 5.56 Å². The summed E-state index contributed by atoms with van der Waals surface area (Å²) < 4.78 is 2.07. The Bertz CT molecular complexity index is 808. The number of pyridine rings is 1. The Kier molecular flexibility index (Phi) is 4.94. The Morgan fingerprint density at radius 1 is 1.00 bits per heavy atom. The van der Waals surface area contributed by atoms with Crippen molar-refractivity contribution < 1.29 is 9.59 Å². The Morgan fingerprint density at radius 3 is 2.29 bits per heavy atom. The van der Waals surface area contributed by atoms with Gasteiger partial charge in [-0.2, -0.15) is 0 Å². The van der Waals surface area contributed by atoms with Crippen LogP contribution in [0.4, 0.5) is 0 Å². The highest BCUT2D eigenvalue weighted by atomic mass is 79.9. The summed E-state index contributed by atoms with van der Waals surface area (Å²) in [6, 6.07) is 10.3. The second kappa shape index (κ2) is 7.13. The molecule has 1 saturated heterocycles. The summed E-state index contributed by atoms with van der Waals surface area (Å²) in [6.45, 7) is 1.26. The zero-order valence-electron chi connectivity index (χ0n) is 13.0. The van der Waals surface area contributed by atoms with Crippen LogP contribution >= 0.6 is 15.9 Å². The highest BCUT2D eigenvalue weighted by Crippen LogP contribution is 2.21. The average Bonchev–Trinajstić information content (AvgIpc) is 3.12. The Hall–Kier alpha value is -2.21. The largest absolute Gasteiger partial charge is 0.340 e. The molecule has 2 aromatic rings. The number of amides is 1. The molecule has 0 saturated carbocycles. The average molecular weight is 389 g/mol. The Labute approximate surface area is 148 Å². The van der Waals surface area contributed by atoms with Crippen LogP contribution in [0.25, 0.3) is 0 Å². The fraction of sp³-hybridized carbons (Fsp3) is 0.278. The molecule has 0 aliphatic carbocycles. The molecule has 124 valence electrons. The predicted molar refractivity (Wildman–Crippen MR) is 94.0 cm³/mol. The van der Waals surface area contributed by atoms with E-state index < -0.39 is 6.04 Å². The normalized spacial score (nSPS) is 15.3. The SMILES string of the molecule is O=C(c1ccc(Br)cc1)C(C(=O)N1CCCC1)n1ccccc1=O. The summed E-state index contributed by atoms with van der Waals surface area (Å²) in [5.41, 5.74) is 0.0482. The number of carbonyl (C=O) groups excluding carboxylic acids is 2. The van der Waals surface area contributed by atoms with Gasteiger partial charge in [-0.05, 0) is 31.0 Å². The molecular formula is C18H17BrN2O3. The Morgan fingerprint density at radius 2 is 1.67 bits per heavy atom. The molecule has 1 aromatic carbocycles. The van der Waals surface area contributed by atoms with Gasteiger partial charge in [0.05, 0.1) is 0 Å². The maximum Gasteiger partial charge on any atom is 0.253 e. The highest BCUT2D eigenvalue weighted by molar-refractivity contribution is 9.10. The first-order chi connectivity index (χ1) is 11.6. The van der Waals surface area contributed by atoms with E-state index in [0.29, 0.717) is 18.7 Å². The number of halogens is 1. The van der Waals surface area contributed by atoms with Crippen LogP contribution in [-0.4, -0.2) is 34.2 Å². The van der Waals surface area contributed by atoms with Gasteiger partial charge >= 0.3 is 0 Å². The number of benzene rings is 1. The summed E-state index contributed by atoms with van der Waals surface area (Å²) in [5.74, 6) is -0.679. The molecular weight excluding hydrogens is 372 g/mol. The summed E-state index contributed by atoms with van der Waals surface area (Å²) in [5, 5.41) is 0. The number of ketones is 1. The van der Waals surface area contributed by atoms with Gasteiger partial charge in [0.1, 0.15) is 0 Å². The number of hydrogen-bond acceptors (Lipinski definition) is 3. The van der Waals surface area contributed by atoms with Gasteiger partial charge in [-0.15, -0.1) is 0 Å². The molecule has 1 aromatic heterocycles. The summed E-state index contributed by atoms with van der Waals surface area (Å²) in [6.07, 6.45) is 3.35. The van der Waals surface area contributed by atoms with Crippen molar-refractivity contribution in [1.29, 1.82) is 0 Å². The van der Waals surface area contributed by atoms with Crippen molar-refractivity contribution in [3.05, 3.63) is 69.1 Å². The molecule has 1 amide bonds. The fourth-order valence-electron chi connectivity index (χ4n) is 2.89. The zero-order valence-corrected chi connectivity index (χ0v) is 14.6. The van der Waals surface area contributed by atoms with Gasteiger partial charge in [-0.3, -0.25) is 19.0 Å². The van der Waals surface area contributed by atoms with Gasteiger partial charge < -0.3 is 4.90 Å². The van der Waals surface area contributed by atoms with Crippen LogP contribution in [0.2, 0.25) is 0 Å². The van der Waals surface area contributed by atoms with Crippen molar-refractivity contribution in [1.82, 2.24) is 9.47 Å². The van der Waals surface area contributed by atoms with Crippen molar-refractivity contribution >= 4 is 27.6 Å². The van der Waals surface area contributed by atoms with E-state index in [1.807, 2.05) is 0 Å². The smallest absolute Gasteiger partial charge is 0.253 e. The first-order valence-corrected chi connectivity index (χ1v) is 8.63. The van der Waals surface area contributed by atoms with E-state index in [1.54, 1.807) is 41.3 Å². The molecule has 2 heterocycles. The lowest BCUT2D eigenvalue weighted by Crippen LogP contribution is -2.42. The van der Waals surface area contributed by atoms with E-state index in [9.17, 15) is 14.4 Å². The van der Waals surface area contributed by atoms with Gasteiger partial charge in [0.15, 0.2) is 11.8 Å². The third-order valence-electron chi connectivity index (χ3n) is 4.16. The van der Waals surface area contributed by atoms with E-state index in [0.717, 1.165) is 17.3 Å². The van der Waals surface area contributed by atoms with Gasteiger partial charge in [0, 0.05) is 35.4 Å². The molecule has 0 bridgehead atoms. The minimum absolute atomic E-state index is 0.311. The number of hydrogen-bond donors (Lipinski definition) is 0. The maximum absolute atomic E-state index is 13.0. The van der Waals surface area contributed by atoms with E-state index in [-0.39, 0.29) is 17.2 Å². The summed E-state index contributed by atoms with van der Waals surface area (Å²) in [7, 11) is 0. The molecule has 3 rings (SSSR count). The molecule has 1 aliphatic rings. The number of carbonyl (C=O) groups is 2. The zero-order chi connectivity index (χ0) is 17.1. The molecule has 1 atom stereocenters. The van der Waals surface area contributed by atoms with Crippen molar-refractivity contribution in [2.45, 2.75) is 18.9 Å². The van der Waals surface area contributed by atoms with Crippen LogP contribution in [0.5, 0.6) is 0 Å². The number of aromatic nitrogens is 1. The maximum atomic E-state index is 13.0. The van der Waals surface area contributed by atoms with Crippen molar-refractivity contribution in [2.24, 2.45) is 0 Å². The first-order valence-electron chi connectivity index (χ1n) is 7.83. The van der Waals surface area contributed by atoms with E-state index in [1.165, 1.54) is 16.8 Å². The third kappa shape index (κ3) is 3.33. The lowest BCUT2D eigenvalue weighted by Gasteiger charge is -2.24. The lowest BCUT2D eigenvalue weighted by molar-refractivity contribution is -0.132. The van der Waals surface area contributed by atoms with Gasteiger partial charge in [0.25, 0.3) is 11.5 Å². The van der Waals surface area contributed by atoms with Crippen molar-refractivity contribution in [2.75, 3.05) is 13.1 Å². The first kappa shape index (κ1) is 16.6.